The zero-order valence-corrected chi connectivity index (χ0v) is 7.71. The summed E-state index contributed by atoms with van der Waals surface area (Å²) in [5, 5.41) is 9.58. The summed E-state index contributed by atoms with van der Waals surface area (Å²) in [6, 6.07) is 5.44. The van der Waals surface area contributed by atoms with Crippen molar-refractivity contribution in [3.63, 3.8) is 0 Å². The zero-order valence-electron chi connectivity index (χ0n) is 6.96. The number of carboxylic acid groups (broad SMARTS) is 1. The van der Waals surface area contributed by atoms with Gasteiger partial charge in [-0.25, -0.2) is 0 Å². The van der Waals surface area contributed by atoms with E-state index in [1.807, 2.05) is 12.1 Å². The average molecular weight is 197 g/mol. The molecular weight excluding hydrogens is 188 g/mol. The molecule has 0 radical (unpaired) electrons. The lowest BCUT2D eigenvalue weighted by molar-refractivity contribution is -0.138. The van der Waals surface area contributed by atoms with Crippen LogP contribution in [0.3, 0.4) is 0 Å². The van der Waals surface area contributed by atoms with Crippen LogP contribution in [0.15, 0.2) is 18.2 Å². The SMILES string of the molecule is O=C(O)[C@H]1CCc2cc(Cl)ccc21. The van der Waals surface area contributed by atoms with Crippen LogP contribution in [0.5, 0.6) is 0 Å². The standard InChI is InChI=1S/C10H9ClO2/c11-7-2-4-8-6(5-7)1-3-9(8)10(12)13/h2,4-5,9H,1,3H2,(H,12,13)/t9-/m0/s1. The number of carbonyl (C=O) groups is 1. The van der Waals surface area contributed by atoms with Crippen LogP contribution in [0.1, 0.15) is 23.5 Å². The second-order valence-corrected chi connectivity index (χ2v) is 3.71. The molecule has 0 bridgehead atoms. The highest BCUT2D eigenvalue weighted by Gasteiger charge is 2.27. The number of hydrogen-bond donors (Lipinski definition) is 1. The molecule has 0 aromatic heterocycles. The van der Waals surface area contributed by atoms with Gasteiger partial charge in [-0.05, 0) is 36.1 Å². The largest absolute Gasteiger partial charge is 0.481 e. The van der Waals surface area contributed by atoms with Crippen LogP contribution in [-0.4, -0.2) is 11.1 Å². The summed E-state index contributed by atoms with van der Waals surface area (Å²) in [7, 11) is 0. The number of rotatable bonds is 1. The molecule has 0 amide bonds. The smallest absolute Gasteiger partial charge is 0.310 e. The molecule has 2 rings (SSSR count). The minimum absolute atomic E-state index is 0.327. The quantitative estimate of drug-likeness (QED) is 0.749. The third kappa shape index (κ3) is 1.42. The summed E-state index contributed by atoms with van der Waals surface area (Å²) in [5.41, 5.74) is 2.01. The fourth-order valence-electron chi connectivity index (χ4n) is 1.84. The number of carboxylic acids is 1. The Balaban J connectivity index is 2.44. The normalized spacial score (nSPS) is 19.9. The van der Waals surface area contributed by atoms with Gasteiger partial charge in [-0.2, -0.15) is 0 Å². The molecule has 0 aliphatic heterocycles. The van der Waals surface area contributed by atoms with E-state index >= 15 is 0 Å². The summed E-state index contributed by atoms with van der Waals surface area (Å²) in [6.07, 6.45) is 1.53. The van der Waals surface area contributed by atoms with Crippen LogP contribution < -0.4 is 0 Å². The second kappa shape index (κ2) is 3.04. The van der Waals surface area contributed by atoms with Gasteiger partial charge in [0, 0.05) is 5.02 Å². The van der Waals surface area contributed by atoms with Crippen molar-refractivity contribution in [2.75, 3.05) is 0 Å². The third-order valence-corrected chi connectivity index (χ3v) is 2.72. The molecule has 1 atom stereocenters. The lowest BCUT2D eigenvalue weighted by Crippen LogP contribution is -2.07. The lowest BCUT2D eigenvalue weighted by atomic mass is 10.0. The Morgan fingerprint density at radius 1 is 1.54 bits per heavy atom. The summed E-state index contributed by atoms with van der Waals surface area (Å²) >= 11 is 5.80. The van der Waals surface area contributed by atoms with Crippen molar-refractivity contribution in [2.45, 2.75) is 18.8 Å². The molecule has 0 saturated heterocycles. The highest BCUT2D eigenvalue weighted by Crippen LogP contribution is 2.34. The molecule has 68 valence electrons. The monoisotopic (exact) mass is 196 g/mol. The van der Waals surface area contributed by atoms with Gasteiger partial charge >= 0.3 is 5.97 Å². The van der Waals surface area contributed by atoms with Crippen molar-refractivity contribution >= 4 is 17.6 Å². The number of halogens is 1. The Morgan fingerprint density at radius 3 is 3.00 bits per heavy atom. The van der Waals surface area contributed by atoms with Crippen molar-refractivity contribution in [3.05, 3.63) is 34.3 Å². The van der Waals surface area contributed by atoms with Gasteiger partial charge in [0.05, 0.1) is 5.92 Å². The number of benzene rings is 1. The van der Waals surface area contributed by atoms with Gasteiger partial charge in [0.25, 0.3) is 0 Å². The third-order valence-electron chi connectivity index (χ3n) is 2.48. The van der Waals surface area contributed by atoms with Gasteiger partial charge in [0.1, 0.15) is 0 Å². The van der Waals surface area contributed by atoms with Crippen LogP contribution >= 0.6 is 11.6 Å². The maximum Gasteiger partial charge on any atom is 0.310 e. The molecule has 0 saturated carbocycles. The molecule has 1 aliphatic rings. The van der Waals surface area contributed by atoms with Crippen molar-refractivity contribution in [3.8, 4) is 0 Å². The van der Waals surface area contributed by atoms with Gasteiger partial charge in [-0.3, -0.25) is 4.79 Å². The topological polar surface area (TPSA) is 37.3 Å². The Bertz CT molecular complexity index is 360. The summed E-state index contributed by atoms with van der Waals surface area (Å²) in [6.45, 7) is 0. The second-order valence-electron chi connectivity index (χ2n) is 3.27. The van der Waals surface area contributed by atoms with Crippen LogP contribution in [0.2, 0.25) is 5.02 Å². The Labute approximate surface area is 81.1 Å². The summed E-state index contributed by atoms with van der Waals surface area (Å²) in [4.78, 5) is 10.8. The molecule has 0 spiro atoms. The molecule has 2 nitrogen and oxygen atoms in total. The Morgan fingerprint density at radius 2 is 2.31 bits per heavy atom. The van der Waals surface area contributed by atoms with E-state index in [9.17, 15) is 4.79 Å². The molecule has 0 unspecified atom stereocenters. The first kappa shape index (κ1) is 8.57. The van der Waals surface area contributed by atoms with Crippen molar-refractivity contribution in [1.82, 2.24) is 0 Å². The van der Waals surface area contributed by atoms with E-state index in [1.54, 1.807) is 6.07 Å². The lowest BCUT2D eigenvalue weighted by Gasteiger charge is -2.04. The van der Waals surface area contributed by atoms with Crippen LogP contribution in [-0.2, 0) is 11.2 Å². The molecule has 0 heterocycles. The fraction of sp³-hybridized carbons (Fsp3) is 0.300. The summed E-state index contributed by atoms with van der Waals surface area (Å²) < 4.78 is 0. The molecule has 1 aromatic rings. The molecule has 0 fully saturated rings. The molecule has 1 N–H and O–H groups in total. The van der Waals surface area contributed by atoms with E-state index in [4.69, 9.17) is 16.7 Å². The average Bonchev–Trinajstić information content (AvgIpc) is 2.46. The first-order valence-corrected chi connectivity index (χ1v) is 4.57. The van der Waals surface area contributed by atoms with Crippen molar-refractivity contribution in [2.24, 2.45) is 0 Å². The van der Waals surface area contributed by atoms with Crippen molar-refractivity contribution in [1.29, 1.82) is 0 Å². The van der Waals surface area contributed by atoms with E-state index in [0.717, 1.165) is 17.5 Å². The fourth-order valence-corrected chi connectivity index (χ4v) is 2.04. The van der Waals surface area contributed by atoms with Crippen LogP contribution in [0.4, 0.5) is 0 Å². The van der Waals surface area contributed by atoms with E-state index in [2.05, 4.69) is 0 Å². The highest BCUT2D eigenvalue weighted by atomic mass is 35.5. The van der Waals surface area contributed by atoms with Crippen molar-refractivity contribution < 1.29 is 9.90 Å². The number of fused-ring (bicyclic) bond motifs is 1. The Hall–Kier alpha value is -1.02. The number of aliphatic carboxylic acids is 1. The van der Waals surface area contributed by atoms with Gasteiger partial charge < -0.3 is 5.11 Å². The molecular formula is C10H9ClO2. The van der Waals surface area contributed by atoms with Crippen LogP contribution in [0, 0.1) is 0 Å². The predicted octanol–water partition coefficient (Wildman–Crippen LogP) is 2.45. The van der Waals surface area contributed by atoms with Gasteiger partial charge in [-0.1, -0.05) is 17.7 Å². The zero-order chi connectivity index (χ0) is 9.42. The molecule has 13 heavy (non-hydrogen) atoms. The number of aryl methyl sites for hydroxylation is 1. The molecule has 1 aliphatic carbocycles. The Kier molecular flexibility index (Phi) is 2.00. The highest BCUT2D eigenvalue weighted by molar-refractivity contribution is 6.30. The predicted molar refractivity (Wildman–Crippen MR) is 50.1 cm³/mol. The maximum atomic E-state index is 10.8. The van der Waals surface area contributed by atoms with E-state index in [1.165, 1.54) is 0 Å². The minimum atomic E-state index is -0.735. The van der Waals surface area contributed by atoms with Gasteiger partial charge in [-0.15, -0.1) is 0 Å². The first-order valence-electron chi connectivity index (χ1n) is 4.19. The molecule has 1 aromatic carbocycles. The summed E-state index contributed by atoms with van der Waals surface area (Å²) in [5.74, 6) is -1.06. The van der Waals surface area contributed by atoms with Gasteiger partial charge in [0.2, 0.25) is 0 Å². The minimum Gasteiger partial charge on any atom is -0.481 e. The van der Waals surface area contributed by atoms with E-state index < -0.39 is 5.97 Å². The maximum absolute atomic E-state index is 10.8. The van der Waals surface area contributed by atoms with Crippen LogP contribution in [0.25, 0.3) is 0 Å². The van der Waals surface area contributed by atoms with E-state index in [0.29, 0.717) is 11.4 Å². The van der Waals surface area contributed by atoms with Gasteiger partial charge in [0.15, 0.2) is 0 Å². The number of hydrogen-bond acceptors (Lipinski definition) is 1. The first-order chi connectivity index (χ1) is 6.18. The van der Waals surface area contributed by atoms with E-state index in [-0.39, 0.29) is 5.92 Å². The molecule has 3 heteroatoms.